The molecule has 0 saturated heterocycles. The summed E-state index contributed by atoms with van der Waals surface area (Å²) in [6, 6.07) is 7.57. The van der Waals surface area contributed by atoms with E-state index in [1.807, 2.05) is 31.2 Å². The first-order valence-corrected chi connectivity index (χ1v) is 8.47. The van der Waals surface area contributed by atoms with Crippen molar-refractivity contribution < 1.29 is 28.6 Å². The smallest absolute Gasteiger partial charge is 0.338 e. The fourth-order valence-corrected chi connectivity index (χ4v) is 4.72. The number of fused-ring (bicyclic) bond motifs is 3. The van der Waals surface area contributed by atoms with E-state index in [0.29, 0.717) is 30.5 Å². The Balaban J connectivity index is 2.36. The van der Waals surface area contributed by atoms with Crippen LogP contribution in [0.5, 0.6) is 0 Å². The van der Waals surface area contributed by atoms with Crippen LogP contribution < -0.4 is 0 Å². The van der Waals surface area contributed by atoms with Gasteiger partial charge >= 0.3 is 11.9 Å². The second-order valence-electron chi connectivity index (χ2n) is 7.07. The lowest BCUT2D eigenvalue weighted by Crippen LogP contribution is -2.52. The van der Waals surface area contributed by atoms with E-state index in [2.05, 4.69) is 0 Å². The highest BCUT2D eigenvalue weighted by Crippen LogP contribution is 2.60. The standard InChI is InChI=1S/C20H22O6/c1-19-10-9-14(26-11-21)20(2,18(23)25-4)16(19)15(17(22)24-3)12-7-5-6-8-13(12)19/h5-8,11,14H,9-10H2,1-4H3/t14-,19-,20+/m0/s1. The van der Waals surface area contributed by atoms with E-state index in [-0.39, 0.29) is 0 Å². The van der Waals surface area contributed by atoms with Crippen molar-refractivity contribution in [2.45, 2.75) is 38.2 Å². The SMILES string of the molecule is COC(=O)C1=C2[C@](C)(C(=O)OC)[C@@H](OC=O)CC[C@@]2(C)c2ccccc21. The molecular weight excluding hydrogens is 336 g/mol. The van der Waals surface area contributed by atoms with Crippen molar-refractivity contribution in [3.8, 4) is 0 Å². The van der Waals surface area contributed by atoms with Gasteiger partial charge in [0.2, 0.25) is 0 Å². The number of hydrogen-bond acceptors (Lipinski definition) is 6. The number of carbonyl (C=O) groups is 3. The molecule has 3 rings (SSSR count). The molecule has 3 atom stereocenters. The second-order valence-corrected chi connectivity index (χ2v) is 7.07. The van der Waals surface area contributed by atoms with E-state index in [1.54, 1.807) is 6.92 Å². The van der Waals surface area contributed by atoms with Crippen LogP contribution in [0.1, 0.15) is 37.8 Å². The largest absolute Gasteiger partial charge is 0.468 e. The van der Waals surface area contributed by atoms with Crippen molar-refractivity contribution in [3.05, 3.63) is 41.0 Å². The quantitative estimate of drug-likeness (QED) is 0.467. The maximum atomic E-state index is 12.9. The molecule has 0 radical (unpaired) electrons. The van der Waals surface area contributed by atoms with Crippen molar-refractivity contribution in [2.24, 2.45) is 5.41 Å². The third-order valence-corrected chi connectivity index (χ3v) is 5.88. The molecule has 0 unspecified atom stereocenters. The molecule has 2 aliphatic carbocycles. The van der Waals surface area contributed by atoms with E-state index in [0.717, 1.165) is 11.1 Å². The van der Waals surface area contributed by atoms with Crippen molar-refractivity contribution in [1.29, 1.82) is 0 Å². The molecule has 1 aromatic carbocycles. The van der Waals surface area contributed by atoms with Gasteiger partial charge in [0, 0.05) is 5.41 Å². The van der Waals surface area contributed by atoms with Gasteiger partial charge in [-0.05, 0) is 36.5 Å². The van der Waals surface area contributed by atoms with E-state index >= 15 is 0 Å². The molecule has 0 amide bonds. The predicted octanol–water partition coefficient (Wildman–Crippen LogP) is 2.40. The summed E-state index contributed by atoms with van der Waals surface area (Å²) in [5.41, 5.74) is 0.839. The van der Waals surface area contributed by atoms with Gasteiger partial charge in [0.15, 0.2) is 0 Å². The van der Waals surface area contributed by atoms with Crippen LogP contribution in [0.3, 0.4) is 0 Å². The molecule has 1 aromatic rings. The van der Waals surface area contributed by atoms with E-state index in [9.17, 15) is 14.4 Å². The third kappa shape index (κ3) is 2.21. The minimum atomic E-state index is -1.29. The maximum absolute atomic E-state index is 12.9. The zero-order valence-corrected chi connectivity index (χ0v) is 15.3. The Bertz CT molecular complexity index is 810. The minimum Gasteiger partial charge on any atom is -0.468 e. The molecule has 26 heavy (non-hydrogen) atoms. The number of methoxy groups -OCH3 is 2. The van der Waals surface area contributed by atoms with Crippen molar-refractivity contribution in [3.63, 3.8) is 0 Å². The van der Waals surface area contributed by atoms with Crippen LogP contribution in [-0.4, -0.2) is 38.7 Å². The fourth-order valence-electron chi connectivity index (χ4n) is 4.72. The molecule has 2 aliphatic rings. The first-order valence-electron chi connectivity index (χ1n) is 8.47. The molecule has 0 aromatic heterocycles. The molecule has 0 bridgehead atoms. The number of esters is 2. The van der Waals surface area contributed by atoms with Gasteiger partial charge in [-0.1, -0.05) is 31.2 Å². The topological polar surface area (TPSA) is 78.9 Å². The number of rotatable bonds is 4. The number of ether oxygens (including phenoxy) is 3. The van der Waals surface area contributed by atoms with Gasteiger partial charge in [-0.3, -0.25) is 9.59 Å². The Hall–Kier alpha value is -2.63. The van der Waals surface area contributed by atoms with Crippen molar-refractivity contribution in [2.75, 3.05) is 14.2 Å². The molecule has 6 nitrogen and oxygen atoms in total. The Kier molecular flexibility index (Phi) is 4.38. The third-order valence-electron chi connectivity index (χ3n) is 5.88. The average molecular weight is 358 g/mol. The highest BCUT2D eigenvalue weighted by atomic mass is 16.5. The Morgan fingerprint density at radius 3 is 2.46 bits per heavy atom. The van der Waals surface area contributed by atoms with Gasteiger partial charge < -0.3 is 14.2 Å². The van der Waals surface area contributed by atoms with E-state index < -0.39 is 28.9 Å². The average Bonchev–Trinajstić information content (AvgIpc) is 2.93. The predicted molar refractivity (Wildman–Crippen MR) is 93.0 cm³/mol. The van der Waals surface area contributed by atoms with Crippen LogP contribution in [0.4, 0.5) is 0 Å². The fraction of sp³-hybridized carbons (Fsp3) is 0.450. The molecule has 0 heterocycles. The Labute approximate surface area is 152 Å². The summed E-state index contributed by atoms with van der Waals surface area (Å²) in [7, 11) is 2.60. The molecular formula is C20H22O6. The molecule has 0 spiro atoms. The van der Waals surface area contributed by atoms with Crippen molar-refractivity contribution in [1.82, 2.24) is 0 Å². The van der Waals surface area contributed by atoms with Gasteiger partial charge in [0.25, 0.3) is 6.47 Å². The zero-order valence-electron chi connectivity index (χ0n) is 15.3. The van der Waals surface area contributed by atoms with Gasteiger partial charge in [-0.25, -0.2) is 4.79 Å². The minimum absolute atomic E-state index is 0.342. The van der Waals surface area contributed by atoms with Crippen LogP contribution in [0, 0.1) is 5.41 Å². The zero-order chi connectivity index (χ0) is 19.1. The lowest BCUT2D eigenvalue weighted by Gasteiger charge is -2.47. The molecule has 1 fully saturated rings. The molecule has 6 heteroatoms. The first kappa shape index (κ1) is 18.2. The van der Waals surface area contributed by atoms with Crippen LogP contribution in [0.15, 0.2) is 29.8 Å². The molecule has 0 aliphatic heterocycles. The van der Waals surface area contributed by atoms with Gasteiger partial charge in [0.1, 0.15) is 11.5 Å². The molecule has 1 saturated carbocycles. The van der Waals surface area contributed by atoms with Crippen LogP contribution in [0.2, 0.25) is 0 Å². The lowest BCUT2D eigenvalue weighted by atomic mass is 9.57. The highest BCUT2D eigenvalue weighted by Gasteiger charge is 2.61. The normalized spacial score (nSPS) is 29.5. The molecule has 138 valence electrons. The number of carbonyl (C=O) groups excluding carboxylic acids is 3. The highest BCUT2D eigenvalue weighted by molar-refractivity contribution is 6.21. The lowest BCUT2D eigenvalue weighted by molar-refractivity contribution is -0.164. The summed E-state index contributed by atoms with van der Waals surface area (Å²) in [5.74, 6) is -1.06. The summed E-state index contributed by atoms with van der Waals surface area (Å²) in [4.78, 5) is 36.6. The van der Waals surface area contributed by atoms with Gasteiger partial charge in [-0.2, -0.15) is 0 Å². The summed E-state index contributed by atoms with van der Waals surface area (Å²) < 4.78 is 15.4. The maximum Gasteiger partial charge on any atom is 0.338 e. The van der Waals surface area contributed by atoms with E-state index in [1.165, 1.54) is 14.2 Å². The number of hydrogen-bond donors (Lipinski definition) is 0. The van der Waals surface area contributed by atoms with E-state index in [4.69, 9.17) is 14.2 Å². The van der Waals surface area contributed by atoms with Crippen LogP contribution in [-0.2, 0) is 34.0 Å². The van der Waals surface area contributed by atoms with Crippen LogP contribution >= 0.6 is 0 Å². The second kappa shape index (κ2) is 6.27. The monoisotopic (exact) mass is 358 g/mol. The van der Waals surface area contributed by atoms with Crippen LogP contribution in [0.25, 0.3) is 5.57 Å². The summed E-state index contributed by atoms with van der Waals surface area (Å²) in [5, 5.41) is 0. The molecule has 0 N–H and O–H groups in total. The summed E-state index contributed by atoms with van der Waals surface area (Å²) in [6.07, 6.45) is 0.391. The van der Waals surface area contributed by atoms with Gasteiger partial charge in [0.05, 0.1) is 19.8 Å². The Morgan fingerprint density at radius 1 is 1.15 bits per heavy atom. The Morgan fingerprint density at radius 2 is 1.85 bits per heavy atom. The summed E-state index contributed by atoms with van der Waals surface area (Å²) in [6.45, 7) is 4.03. The number of benzene rings is 1. The first-order chi connectivity index (χ1) is 12.4. The van der Waals surface area contributed by atoms with Gasteiger partial charge in [-0.15, -0.1) is 0 Å². The summed E-state index contributed by atoms with van der Waals surface area (Å²) >= 11 is 0. The van der Waals surface area contributed by atoms with Crippen molar-refractivity contribution >= 4 is 24.0 Å².